The van der Waals surface area contributed by atoms with Crippen molar-refractivity contribution in [2.75, 3.05) is 38.5 Å². The van der Waals surface area contributed by atoms with Crippen LogP contribution in [0.1, 0.15) is 26.2 Å². The summed E-state index contributed by atoms with van der Waals surface area (Å²) in [5, 5.41) is 9.54. The molecule has 0 amide bonds. The van der Waals surface area contributed by atoms with E-state index in [4.69, 9.17) is 5.11 Å². The molecule has 2 heterocycles. The molecule has 2 aliphatic rings. The average molecular weight is 308 g/mol. The number of hydrogen-bond donors (Lipinski definition) is 1. The predicted octanol–water partition coefficient (Wildman–Crippen LogP) is 0.763. The zero-order chi connectivity index (χ0) is 13.9. The maximum absolute atomic E-state index is 12.6. The number of piperidine rings is 1. The lowest BCUT2D eigenvalue weighted by Crippen LogP contribution is -2.51. The zero-order valence-electron chi connectivity index (χ0n) is 11.5. The highest BCUT2D eigenvalue weighted by atomic mass is 32.2. The lowest BCUT2D eigenvalue weighted by molar-refractivity contribution is 0.166. The van der Waals surface area contributed by atoms with Crippen molar-refractivity contribution in [2.24, 2.45) is 5.92 Å². The molecule has 5 nitrogen and oxygen atoms in total. The molecule has 1 N–H and O–H groups in total. The Morgan fingerprint density at radius 3 is 2.47 bits per heavy atom. The second-order valence-electron chi connectivity index (χ2n) is 5.29. The minimum atomic E-state index is -3.29. The Kier molecular flexibility index (Phi) is 5.54. The Morgan fingerprint density at radius 1 is 1.21 bits per heavy atom. The zero-order valence-corrected chi connectivity index (χ0v) is 13.1. The van der Waals surface area contributed by atoms with Crippen molar-refractivity contribution in [1.82, 2.24) is 8.61 Å². The molecule has 2 rings (SSSR count). The number of hydrogen-bond acceptors (Lipinski definition) is 4. The van der Waals surface area contributed by atoms with Crippen LogP contribution in [0.5, 0.6) is 0 Å². The van der Waals surface area contributed by atoms with Crippen molar-refractivity contribution >= 4 is 22.0 Å². The topological polar surface area (TPSA) is 60.9 Å². The third-order valence-electron chi connectivity index (χ3n) is 4.04. The first kappa shape index (κ1) is 15.6. The molecule has 1 unspecified atom stereocenters. The van der Waals surface area contributed by atoms with Gasteiger partial charge in [-0.2, -0.15) is 28.8 Å². The maximum atomic E-state index is 12.6. The van der Waals surface area contributed by atoms with E-state index in [-0.39, 0.29) is 12.5 Å². The summed E-state index contributed by atoms with van der Waals surface area (Å²) >= 11 is 1.88. The molecule has 0 aliphatic carbocycles. The third-order valence-corrected chi connectivity index (χ3v) is 7.42. The first-order valence-electron chi connectivity index (χ1n) is 7.05. The van der Waals surface area contributed by atoms with Crippen LogP contribution < -0.4 is 0 Å². The SMILES string of the molecule is CCC1CN(S(=O)(=O)N2CCC(CO)CC2)CCS1. The van der Waals surface area contributed by atoms with Gasteiger partial charge in [0.1, 0.15) is 0 Å². The van der Waals surface area contributed by atoms with E-state index in [1.54, 1.807) is 8.61 Å². The number of thioether (sulfide) groups is 1. The van der Waals surface area contributed by atoms with E-state index in [1.807, 2.05) is 11.8 Å². The molecule has 0 aromatic rings. The summed E-state index contributed by atoms with van der Waals surface area (Å²) in [4.78, 5) is 0. The third kappa shape index (κ3) is 3.64. The second-order valence-corrected chi connectivity index (χ2v) is 8.63. The van der Waals surface area contributed by atoms with Crippen molar-refractivity contribution < 1.29 is 13.5 Å². The summed E-state index contributed by atoms with van der Waals surface area (Å²) in [6, 6.07) is 0. The normalized spacial score (nSPS) is 28.6. The van der Waals surface area contributed by atoms with Gasteiger partial charge in [0, 0.05) is 43.8 Å². The summed E-state index contributed by atoms with van der Waals surface area (Å²) in [7, 11) is -3.29. The molecule has 19 heavy (non-hydrogen) atoms. The van der Waals surface area contributed by atoms with Crippen LogP contribution in [0.25, 0.3) is 0 Å². The first-order chi connectivity index (χ1) is 9.07. The summed E-state index contributed by atoms with van der Waals surface area (Å²) in [6.45, 7) is 4.65. The average Bonchev–Trinajstić information content (AvgIpc) is 2.47. The molecule has 2 saturated heterocycles. The van der Waals surface area contributed by atoms with E-state index in [0.717, 1.165) is 25.0 Å². The van der Waals surface area contributed by atoms with Crippen LogP contribution in [0.3, 0.4) is 0 Å². The van der Waals surface area contributed by atoms with Crippen molar-refractivity contribution in [2.45, 2.75) is 31.4 Å². The fraction of sp³-hybridized carbons (Fsp3) is 1.00. The van der Waals surface area contributed by atoms with Gasteiger partial charge in [-0.1, -0.05) is 6.92 Å². The van der Waals surface area contributed by atoms with E-state index in [2.05, 4.69) is 6.92 Å². The standard InChI is InChI=1S/C12H24N2O3S2/c1-2-12-9-14(7-8-18-12)19(16,17)13-5-3-11(10-15)4-6-13/h11-12,15H,2-10H2,1H3. The Labute approximate surface area is 120 Å². The van der Waals surface area contributed by atoms with Crippen molar-refractivity contribution in [3.63, 3.8) is 0 Å². The minimum Gasteiger partial charge on any atom is -0.396 e. The van der Waals surface area contributed by atoms with Crippen LogP contribution in [0, 0.1) is 5.92 Å². The number of rotatable bonds is 4. The van der Waals surface area contributed by atoms with Gasteiger partial charge in [0.05, 0.1) is 0 Å². The van der Waals surface area contributed by atoms with E-state index < -0.39 is 10.2 Å². The Hall–Kier alpha value is 0.180. The van der Waals surface area contributed by atoms with Crippen molar-refractivity contribution in [3.8, 4) is 0 Å². The van der Waals surface area contributed by atoms with Gasteiger partial charge in [-0.25, -0.2) is 0 Å². The second kappa shape index (κ2) is 6.76. The Morgan fingerprint density at radius 2 is 1.89 bits per heavy atom. The lowest BCUT2D eigenvalue weighted by atomic mass is 10.00. The van der Waals surface area contributed by atoms with Crippen molar-refractivity contribution in [1.29, 1.82) is 0 Å². The van der Waals surface area contributed by atoms with Crippen LogP contribution in [-0.2, 0) is 10.2 Å². The van der Waals surface area contributed by atoms with Crippen LogP contribution in [0.4, 0.5) is 0 Å². The van der Waals surface area contributed by atoms with Crippen LogP contribution in [-0.4, -0.2) is 65.9 Å². The molecule has 0 saturated carbocycles. The summed E-state index contributed by atoms with van der Waals surface area (Å²) in [5.41, 5.74) is 0. The van der Waals surface area contributed by atoms with E-state index >= 15 is 0 Å². The van der Waals surface area contributed by atoms with E-state index in [0.29, 0.717) is 31.4 Å². The molecular formula is C12H24N2O3S2. The first-order valence-corrected chi connectivity index (χ1v) is 9.50. The monoisotopic (exact) mass is 308 g/mol. The Balaban J connectivity index is 1.98. The number of aliphatic hydroxyl groups is 1. The maximum Gasteiger partial charge on any atom is 0.282 e. The molecular weight excluding hydrogens is 284 g/mol. The van der Waals surface area contributed by atoms with Gasteiger partial charge < -0.3 is 5.11 Å². The highest BCUT2D eigenvalue weighted by Crippen LogP contribution is 2.26. The van der Waals surface area contributed by atoms with Gasteiger partial charge in [0.25, 0.3) is 10.2 Å². The molecule has 7 heteroatoms. The quantitative estimate of drug-likeness (QED) is 0.833. The highest BCUT2D eigenvalue weighted by molar-refractivity contribution is 8.00. The van der Waals surface area contributed by atoms with E-state index in [1.165, 1.54) is 0 Å². The molecule has 2 aliphatic heterocycles. The smallest absolute Gasteiger partial charge is 0.282 e. The lowest BCUT2D eigenvalue weighted by Gasteiger charge is -2.37. The largest absolute Gasteiger partial charge is 0.396 e. The fourth-order valence-electron chi connectivity index (χ4n) is 2.63. The molecule has 112 valence electrons. The molecule has 0 aromatic heterocycles. The number of nitrogens with zero attached hydrogens (tertiary/aromatic N) is 2. The minimum absolute atomic E-state index is 0.173. The molecule has 2 fully saturated rings. The van der Waals surface area contributed by atoms with Crippen LogP contribution in [0.2, 0.25) is 0 Å². The van der Waals surface area contributed by atoms with Gasteiger partial charge in [-0.05, 0) is 25.2 Å². The highest BCUT2D eigenvalue weighted by Gasteiger charge is 2.35. The molecule has 0 radical (unpaired) electrons. The van der Waals surface area contributed by atoms with Crippen molar-refractivity contribution in [3.05, 3.63) is 0 Å². The van der Waals surface area contributed by atoms with E-state index in [9.17, 15) is 8.42 Å². The summed E-state index contributed by atoms with van der Waals surface area (Å²) < 4.78 is 28.4. The molecule has 1 atom stereocenters. The number of aliphatic hydroxyl groups excluding tert-OH is 1. The summed E-state index contributed by atoms with van der Waals surface area (Å²) in [5.74, 6) is 1.16. The van der Waals surface area contributed by atoms with Gasteiger partial charge >= 0.3 is 0 Å². The summed E-state index contributed by atoms with van der Waals surface area (Å²) in [6.07, 6.45) is 2.56. The van der Waals surface area contributed by atoms with Crippen LogP contribution in [0.15, 0.2) is 0 Å². The van der Waals surface area contributed by atoms with Gasteiger partial charge in [-0.3, -0.25) is 0 Å². The molecule has 0 bridgehead atoms. The fourth-order valence-corrected chi connectivity index (χ4v) is 5.71. The molecule has 0 aromatic carbocycles. The predicted molar refractivity (Wildman–Crippen MR) is 78.4 cm³/mol. The van der Waals surface area contributed by atoms with Gasteiger partial charge in [0.15, 0.2) is 0 Å². The van der Waals surface area contributed by atoms with Gasteiger partial charge in [-0.15, -0.1) is 0 Å². The van der Waals surface area contributed by atoms with Gasteiger partial charge in [0.2, 0.25) is 0 Å². The van der Waals surface area contributed by atoms with Crippen LogP contribution >= 0.6 is 11.8 Å². The molecule has 0 spiro atoms. The Bertz CT molecular complexity index is 380.